The number of hydrogen-bond acceptors (Lipinski definition) is 9. The molecule has 1 aromatic rings. The number of benzene rings is 1. The van der Waals surface area contributed by atoms with E-state index in [1.807, 2.05) is 0 Å². The molecule has 0 radical (unpaired) electrons. The summed E-state index contributed by atoms with van der Waals surface area (Å²) in [6.45, 7) is 14.1. The topological polar surface area (TPSA) is 83.1 Å². The van der Waals surface area contributed by atoms with Crippen LogP contribution in [0.1, 0.15) is 83.6 Å². The molecule has 0 saturated carbocycles. The molecule has 0 unspecified atom stereocenters. The number of ether oxygens (including phenoxy) is 9. The number of aryl methyl sites for hydroxylation is 1. The SMILES string of the molecule is CCCCCCCCc1ccc(OCCOCCOCCOCCOCCOCCOCCOCCOCCCCCC)cc1. The van der Waals surface area contributed by atoms with Crippen LogP contribution in [0.5, 0.6) is 5.75 Å². The minimum absolute atomic E-state index is 0.532. The fraction of sp³-hybridized carbons (Fsp3) is 0.833. The lowest BCUT2D eigenvalue weighted by Crippen LogP contribution is -2.15. The average molecular weight is 643 g/mol. The number of hydrogen-bond donors (Lipinski definition) is 0. The Labute approximate surface area is 274 Å². The standard InChI is InChI=1S/C36H66O9/c1-3-5-7-9-10-11-13-35-14-16-36(17-15-35)45-34-33-44-32-31-43-30-29-42-28-27-41-26-25-40-24-23-39-22-21-38-20-19-37-18-12-8-6-4-2/h14-17H,3-13,18-34H2,1-2H3. The van der Waals surface area contributed by atoms with Crippen molar-refractivity contribution in [1.82, 2.24) is 0 Å². The first-order valence-electron chi connectivity index (χ1n) is 17.7. The number of unbranched alkanes of at least 4 members (excludes halogenated alkanes) is 8. The second-order valence-corrected chi connectivity index (χ2v) is 11.0. The van der Waals surface area contributed by atoms with E-state index >= 15 is 0 Å². The van der Waals surface area contributed by atoms with Gasteiger partial charge in [-0.05, 0) is 37.0 Å². The highest BCUT2D eigenvalue weighted by Gasteiger charge is 1.99. The van der Waals surface area contributed by atoms with E-state index in [1.165, 1.54) is 63.4 Å². The number of rotatable bonds is 37. The molecule has 0 saturated heterocycles. The van der Waals surface area contributed by atoms with Gasteiger partial charge in [0.15, 0.2) is 0 Å². The van der Waals surface area contributed by atoms with Crippen LogP contribution in [-0.4, -0.2) is 112 Å². The molecule has 264 valence electrons. The zero-order valence-electron chi connectivity index (χ0n) is 28.8. The van der Waals surface area contributed by atoms with Crippen molar-refractivity contribution in [2.75, 3.05) is 112 Å². The molecule has 0 N–H and O–H groups in total. The van der Waals surface area contributed by atoms with Crippen molar-refractivity contribution in [2.24, 2.45) is 0 Å². The summed E-state index contributed by atoms with van der Waals surface area (Å²) in [5.41, 5.74) is 1.38. The van der Waals surface area contributed by atoms with Gasteiger partial charge in [-0.15, -0.1) is 0 Å². The Balaban J connectivity index is 1.71. The van der Waals surface area contributed by atoms with Crippen molar-refractivity contribution >= 4 is 0 Å². The molecule has 1 aromatic carbocycles. The lowest BCUT2D eigenvalue weighted by molar-refractivity contribution is -0.0236. The molecule has 0 aromatic heterocycles. The highest BCUT2D eigenvalue weighted by atomic mass is 16.6. The largest absolute Gasteiger partial charge is 0.491 e. The Bertz CT molecular complexity index is 690. The highest BCUT2D eigenvalue weighted by Crippen LogP contribution is 2.15. The molecule has 9 heteroatoms. The second-order valence-electron chi connectivity index (χ2n) is 11.0. The average Bonchev–Trinajstić information content (AvgIpc) is 3.06. The quantitative estimate of drug-likeness (QED) is 0.0738. The van der Waals surface area contributed by atoms with Crippen LogP contribution in [-0.2, 0) is 44.3 Å². The third-order valence-corrected chi connectivity index (χ3v) is 6.99. The Kier molecular flexibility index (Phi) is 33.0. The summed E-state index contributed by atoms with van der Waals surface area (Å²) in [4.78, 5) is 0. The van der Waals surface area contributed by atoms with Gasteiger partial charge in [-0.2, -0.15) is 0 Å². The van der Waals surface area contributed by atoms with Crippen LogP contribution in [0.25, 0.3) is 0 Å². The summed E-state index contributed by atoms with van der Waals surface area (Å²) in [6, 6.07) is 8.45. The highest BCUT2D eigenvalue weighted by molar-refractivity contribution is 5.27. The van der Waals surface area contributed by atoms with Crippen molar-refractivity contribution < 1.29 is 42.6 Å². The van der Waals surface area contributed by atoms with E-state index in [-0.39, 0.29) is 0 Å². The normalized spacial score (nSPS) is 11.4. The zero-order valence-corrected chi connectivity index (χ0v) is 28.8. The van der Waals surface area contributed by atoms with Gasteiger partial charge in [-0.3, -0.25) is 0 Å². The van der Waals surface area contributed by atoms with E-state index < -0.39 is 0 Å². The van der Waals surface area contributed by atoms with Crippen LogP contribution in [0.3, 0.4) is 0 Å². The molecule has 1 rings (SSSR count). The first-order valence-corrected chi connectivity index (χ1v) is 17.7. The minimum Gasteiger partial charge on any atom is -0.491 e. The van der Waals surface area contributed by atoms with Crippen LogP contribution in [0.4, 0.5) is 0 Å². The lowest BCUT2D eigenvalue weighted by atomic mass is 10.0. The van der Waals surface area contributed by atoms with E-state index in [2.05, 4.69) is 38.1 Å². The molecular formula is C36H66O9. The maximum Gasteiger partial charge on any atom is 0.119 e. The Morgan fingerprint density at radius 3 is 1.09 bits per heavy atom. The first-order chi connectivity index (χ1) is 22.4. The van der Waals surface area contributed by atoms with Gasteiger partial charge in [0.25, 0.3) is 0 Å². The maximum absolute atomic E-state index is 5.77. The predicted octanol–water partition coefficient (Wildman–Crippen LogP) is 6.68. The predicted molar refractivity (Wildman–Crippen MR) is 180 cm³/mol. The molecule has 0 aliphatic heterocycles. The molecule has 0 aliphatic rings. The summed E-state index contributed by atoms with van der Waals surface area (Å²) in [5, 5.41) is 0. The fourth-order valence-corrected chi connectivity index (χ4v) is 4.35. The summed E-state index contributed by atoms with van der Waals surface area (Å²) >= 11 is 0. The Morgan fingerprint density at radius 1 is 0.333 bits per heavy atom. The second kappa shape index (κ2) is 35.6. The van der Waals surface area contributed by atoms with Gasteiger partial charge < -0.3 is 42.6 Å². The van der Waals surface area contributed by atoms with E-state index in [9.17, 15) is 0 Å². The molecule has 0 aliphatic carbocycles. The van der Waals surface area contributed by atoms with Crippen molar-refractivity contribution in [3.8, 4) is 5.75 Å². The molecular weight excluding hydrogens is 576 g/mol. The molecule has 0 bridgehead atoms. The van der Waals surface area contributed by atoms with E-state index in [0.717, 1.165) is 25.2 Å². The van der Waals surface area contributed by atoms with E-state index in [4.69, 9.17) is 42.6 Å². The molecule has 0 heterocycles. The van der Waals surface area contributed by atoms with Crippen molar-refractivity contribution in [3.63, 3.8) is 0 Å². The Hall–Kier alpha value is -1.30. The van der Waals surface area contributed by atoms with E-state index in [0.29, 0.717) is 106 Å². The van der Waals surface area contributed by atoms with Gasteiger partial charge in [-0.1, -0.05) is 77.3 Å². The lowest BCUT2D eigenvalue weighted by Gasteiger charge is -2.09. The van der Waals surface area contributed by atoms with Gasteiger partial charge in [0.05, 0.1) is 99.1 Å². The first kappa shape index (κ1) is 41.7. The molecule has 45 heavy (non-hydrogen) atoms. The van der Waals surface area contributed by atoms with Gasteiger partial charge in [0.2, 0.25) is 0 Å². The maximum atomic E-state index is 5.77. The summed E-state index contributed by atoms with van der Waals surface area (Å²) in [6.07, 6.45) is 14.0. The van der Waals surface area contributed by atoms with Crippen LogP contribution in [0.2, 0.25) is 0 Å². The molecule has 0 atom stereocenters. The summed E-state index contributed by atoms with van der Waals surface area (Å²) in [7, 11) is 0. The molecule has 9 nitrogen and oxygen atoms in total. The fourth-order valence-electron chi connectivity index (χ4n) is 4.35. The zero-order chi connectivity index (χ0) is 32.1. The van der Waals surface area contributed by atoms with Crippen LogP contribution >= 0.6 is 0 Å². The summed E-state index contributed by atoms with van der Waals surface area (Å²) < 4.78 is 49.9. The molecule has 0 spiro atoms. The summed E-state index contributed by atoms with van der Waals surface area (Å²) in [5.74, 6) is 0.891. The van der Waals surface area contributed by atoms with Gasteiger partial charge in [0, 0.05) is 6.61 Å². The van der Waals surface area contributed by atoms with Crippen LogP contribution in [0.15, 0.2) is 24.3 Å². The van der Waals surface area contributed by atoms with E-state index in [1.54, 1.807) is 0 Å². The van der Waals surface area contributed by atoms with Crippen molar-refractivity contribution in [2.45, 2.75) is 84.5 Å². The van der Waals surface area contributed by atoms with Crippen LogP contribution < -0.4 is 4.74 Å². The van der Waals surface area contributed by atoms with Gasteiger partial charge >= 0.3 is 0 Å². The van der Waals surface area contributed by atoms with Gasteiger partial charge in [-0.25, -0.2) is 0 Å². The van der Waals surface area contributed by atoms with Crippen molar-refractivity contribution in [3.05, 3.63) is 29.8 Å². The van der Waals surface area contributed by atoms with Crippen molar-refractivity contribution in [1.29, 1.82) is 0 Å². The molecule has 0 amide bonds. The molecule has 0 fully saturated rings. The van der Waals surface area contributed by atoms with Crippen LogP contribution in [0, 0.1) is 0 Å². The monoisotopic (exact) mass is 642 g/mol. The third-order valence-electron chi connectivity index (χ3n) is 6.99. The van der Waals surface area contributed by atoms with Gasteiger partial charge in [0.1, 0.15) is 12.4 Å². The minimum atomic E-state index is 0.532. The third kappa shape index (κ3) is 31.1. The Morgan fingerprint density at radius 2 is 0.667 bits per heavy atom. The smallest absolute Gasteiger partial charge is 0.119 e.